The predicted molar refractivity (Wildman–Crippen MR) is 99.4 cm³/mol. The van der Waals surface area contributed by atoms with Crippen molar-refractivity contribution in [3.8, 4) is 0 Å². The van der Waals surface area contributed by atoms with Crippen molar-refractivity contribution in [1.29, 1.82) is 0 Å². The minimum atomic E-state index is -4.59. The molecular formula is C19H20F3N5O3. The molecular weight excluding hydrogens is 403 g/mol. The standard InChI is InChI=1S/C19H20F3N5O3/c1-11-6-24-16-13(8-25-27(16)9-11)17(29)26-18(4-5-30-10-15(18)28)12-2-3-14(23-7-12)19(20,21)22/h2-3,6-8,11,15,28H,4-5,9-10H2,1H3,(H,26,29). The van der Waals surface area contributed by atoms with Crippen molar-refractivity contribution < 1.29 is 27.8 Å². The van der Waals surface area contributed by atoms with E-state index in [9.17, 15) is 23.1 Å². The number of rotatable bonds is 3. The van der Waals surface area contributed by atoms with E-state index >= 15 is 0 Å². The average molecular weight is 423 g/mol. The Balaban J connectivity index is 1.67. The number of alkyl halides is 3. The first-order valence-corrected chi connectivity index (χ1v) is 9.43. The average Bonchev–Trinajstić information content (AvgIpc) is 3.12. The number of carbonyl (C=O) groups is 1. The maximum absolute atomic E-state index is 13.1. The minimum absolute atomic E-state index is 0.0803. The van der Waals surface area contributed by atoms with Gasteiger partial charge in [0, 0.05) is 31.4 Å². The summed E-state index contributed by atoms with van der Waals surface area (Å²) in [6, 6.07) is 2.05. The van der Waals surface area contributed by atoms with Gasteiger partial charge in [-0.25, -0.2) is 9.67 Å². The number of fused-ring (bicyclic) bond motifs is 1. The van der Waals surface area contributed by atoms with Crippen LogP contribution in [0.1, 0.15) is 35.0 Å². The Kier molecular flexibility index (Phi) is 5.10. The maximum atomic E-state index is 13.1. The monoisotopic (exact) mass is 423 g/mol. The minimum Gasteiger partial charge on any atom is -0.388 e. The third kappa shape index (κ3) is 3.58. The number of halogens is 3. The van der Waals surface area contributed by atoms with Crippen LogP contribution < -0.4 is 5.32 Å². The predicted octanol–water partition coefficient (Wildman–Crippen LogP) is 2.06. The quantitative estimate of drug-likeness (QED) is 0.787. The molecule has 3 unspecified atom stereocenters. The number of nitrogens with zero attached hydrogens (tertiary/aromatic N) is 4. The highest BCUT2D eigenvalue weighted by molar-refractivity contribution is 5.99. The second-order valence-corrected chi connectivity index (χ2v) is 7.52. The number of hydrogen-bond donors (Lipinski definition) is 2. The number of nitrogens with one attached hydrogen (secondary N) is 1. The summed E-state index contributed by atoms with van der Waals surface area (Å²) in [7, 11) is 0. The molecule has 2 N–H and O–H groups in total. The van der Waals surface area contributed by atoms with E-state index in [0.29, 0.717) is 12.4 Å². The molecule has 0 aromatic carbocycles. The molecule has 2 aliphatic heterocycles. The Morgan fingerprint density at radius 1 is 1.37 bits per heavy atom. The molecule has 0 aliphatic carbocycles. The lowest BCUT2D eigenvalue weighted by Gasteiger charge is -2.42. The van der Waals surface area contributed by atoms with E-state index in [2.05, 4.69) is 20.4 Å². The molecule has 1 fully saturated rings. The molecule has 4 heterocycles. The van der Waals surface area contributed by atoms with E-state index in [1.165, 1.54) is 12.3 Å². The Labute approximate surface area is 169 Å². The Morgan fingerprint density at radius 3 is 2.83 bits per heavy atom. The molecule has 2 aromatic heterocycles. The molecule has 2 aromatic rings. The van der Waals surface area contributed by atoms with Crippen molar-refractivity contribution in [3.05, 3.63) is 41.3 Å². The van der Waals surface area contributed by atoms with Crippen LogP contribution >= 0.6 is 0 Å². The summed E-state index contributed by atoms with van der Waals surface area (Å²) in [6.45, 7) is 2.68. The fourth-order valence-corrected chi connectivity index (χ4v) is 3.71. The van der Waals surface area contributed by atoms with Crippen LogP contribution in [0.2, 0.25) is 0 Å². The van der Waals surface area contributed by atoms with Gasteiger partial charge in [-0.2, -0.15) is 18.3 Å². The van der Waals surface area contributed by atoms with Gasteiger partial charge in [0.25, 0.3) is 5.91 Å². The van der Waals surface area contributed by atoms with Gasteiger partial charge in [0.05, 0.1) is 24.9 Å². The normalized spacial score (nSPS) is 26.3. The second-order valence-electron chi connectivity index (χ2n) is 7.52. The molecule has 4 rings (SSSR count). The molecule has 8 nitrogen and oxygen atoms in total. The molecule has 0 radical (unpaired) electrons. The first-order valence-electron chi connectivity index (χ1n) is 9.43. The highest BCUT2D eigenvalue weighted by Gasteiger charge is 2.45. The summed E-state index contributed by atoms with van der Waals surface area (Å²) in [4.78, 5) is 20.9. The molecule has 1 saturated heterocycles. The summed E-state index contributed by atoms with van der Waals surface area (Å²) < 4.78 is 45.6. The zero-order chi connectivity index (χ0) is 21.5. The van der Waals surface area contributed by atoms with Crippen molar-refractivity contribution in [1.82, 2.24) is 20.1 Å². The largest absolute Gasteiger partial charge is 0.433 e. The molecule has 160 valence electrons. The summed E-state index contributed by atoms with van der Waals surface area (Å²) in [5, 5.41) is 17.7. The van der Waals surface area contributed by atoms with Gasteiger partial charge in [-0.1, -0.05) is 13.0 Å². The highest BCUT2D eigenvalue weighted by atomic mass is 19.4. The number of aromatic nitrogens is 3. The van der Waals surface area contributed by atoms with Crippen LogP contribution in [-0.2, 0) is 23.0 Å². The summed E-state index contributed by atoms with van der Waals surface area (Å²) in [5.41, 5.74) is -1.93. The molecule has 0 bridgehead atoms. The van der Waals surface area contributed by atoms with Crippen molar-refractivity contribution >= 4 is 17.9 Å². The Morgan fingerprint density at radius 2 is 2.17 bits per heavy atom. The number of carbonyl (C=O) groups excluding carboxylic acids is 1. The van der Waals surface area contributed by atoms with Gasteiger partial charge >= 0.3 is 6.18 Å². The van der Waals surface area contributed by atoms with Gasteiger partial charge in [0.15, 0.2) is 5.82 Å². The fourth-order valence-electron chi connectivity index (χ4n) is 3.71. The third-order valence-electron chi connectivity index (χ3n) is 5.36. The van der Waals surface area contributed by atoms with Crippen LogP contribution in [0, 0.1) is 5.92 Å². The van der Waals surface area contributed by atoms with Crippen molar-refractivity contribution in [2.45, 2.75) is 37.7 Å². The third-order valence-corrected chi connectivity index (χ3v) is 5.36. The fraction of sp³-hybridized carbons (Fsp3) is 0.474. The number of amides is 1. The van der Waals surface area contributed by atoms with Crippen LogP contribution in [0.25, 0.3) is 0 Å². The van der Waals surface area contributed by atoms with E-state index in [1.807, 2.05) is 6.92 Å². The lowest BCUT2D eigenvalue weighted by molar-refractivity contribution is -0.141. The summed E-state index contributed by atoms with van der Waals surface area (Å²) in [6.07, 6.45) is -1.45. The van der Waals surface area contributed by atoms with Crippen molar-refractivity contribution in [2.75, 3.05) is 13.2 Å². The first-order chi connectivity index (χ1) is 14.2. The number of hydrogen-bond acceptors (Lipinski definition) is 6. The topological polar surface area (TPSA) is 102 Å². The summed E-state index contributed by atoms with van der Waals surface area (Å²) in [5.74, 6) is 0.0341. The molecule has 0 saturated carbocycles. The van der Waals surface area contributed by atoms with Crippen molar-refractivity contribution in [2.24, 2.45) is 10.9 Å². The van der Waals surface area contributed by atoms with Gasteiger partial charge in [0.2, 0.25) is 0 Å². The molecule has 3 atom stereocenters. The number of aliphatic hydroxyl groups is 1. The van der Waals surface area contributed by atoms with E-state index in [1.54, 1.807) is 10.9 Å². The maximum Gasteiger partial charge on any atom is 0.433 e. The molecule has 1 amide bonds. The van der Waals surface area contributed by atoms with Crippen LogP contribution in [0.3, 0.4) is 0 Å². The molecule has 11 heteroatoms. The smallest absolute Gasteiger partial charge is 0.388 e. The second kappa shape index (κ2) is 7.47. The van der Waals surface area contributed by atoms with Gasteiger partial charge in [0.1, 0.15) is 17.4 Å². The van der Waals surface area contributed by atoms with Crippen LogP contribution in [0.15, 0.2) is 29.5 Å². The number of aliphatic hydroxyl groups excluding tert-OH is 1. The number of aliphatic imine (C=N–C) groups is 1. The molecule has 30 heavy (non-hydrogen) atoms. The zero-order valence-corrected chi connectivity index (χ0v) is 16.1. The SMILES string of the molecule is CC1C=Nc2c(C(=O)NC3(c4ccc(C(F)(F)F)nc4)CCOCC3O)cnn2C1. The van der Waals surface area contributed by atoms with E-state index < -0.39 is 29.4 Å². The van der Waals surface area contributed by atoms with Gasteiger partial charge in [-0.15, -0.1) is 0 Å². The van der Waals surface area contributed by atoms with Gasteiger partial charge in [-0.3, -0.25) is 9.78 Å². The lowest BCUT2D eigenvalue weighted by atomic mass is 9.81. The van der Waals surface area contributed by atoms with Crippen LogP contribution in [0.4, 0.5) is 19.0 Å². The summed E-state index contributed by atoms with van der Waals surface area (Å²) >= 11 is 0. The van der Waals surface area contributed by atoms with E-state index in [4.69, 9.17) is 4.74 Å². The number of ether oxygens (including phenoxy) is 1. The van der Waals surface area contributed by atoms with Gasteiger partial charge in [-0.05, 0) is 11.6 Å². The molecule has 0 spiro atoms. The van der Waals surface area contributed by atoms with Crippen LogP contribution in [0.5, 0.6) is 0 Å². The van der Waals surface area contributed by atoms with E-state index in [0.717, 1.165) is 12.3 Å². The first kappa shape index (κ1) is 20.5. The Hall–Kier alpha value is -2.79. The Bertz CT molecular complexity index is 973. The van der Waals surface area contributed by atoms with Crippen LogP contribution in [-0.4, -0.2) is 51.3 Å². The van der Waals surface area contributed by atoms with Crippen molar-refractivity contribution in [3.63, 3.8) is 0 Å². The molecule has 2 aliphatic rings. The lowest BCUT2D eigenvalue weighted by Crippen LogP contribution is -2.58. The van der Waals surface area contributed by atoms with E-state index in [-0.39, 0.29) is 36.7 Å². The number of pyridine rings is 1. The zero-order valence-electron chi connectivity index (χ0n) is 16.1. The van der Waals surface area contributed by atoms with Gasteiger partial charge < -0.3 is 15.2 Å². The highest BCUT2D eigenvalue weighted by Crippen LogP contribution is 2.35.